The van der Waals surface area contributed by atoms with Crippen molar-refractivity contribution >= 4 is 21.6 Å². The average molecular weight is 597 g/mol. The molecule has 0 saturated heterocycles. The molecule has 1 saturated carbocycles. The second-order valence-electron chi connectivity index (χ2n) is 11.4. The summed E-state index contributed by atoms with van der Waals surface area (Å²) in [5.41, 5.74) is 4.98. The van der Waals surface area contributed by atoms with Gasteiger partial charge in [0.2, 0.25) is 15.9 Å². The van der Waals surface area contributed by atoms with Crippen molar-refractivity contribution in [1.29, 1.82) is 0 Å². The van der Waals surface area contributed by atoms with Gasteiger partial charge in [0.1, 0.15) is 12.4 Å². The highest BCUT2D eigenvalue weighted by molar-refractivity contribution is 7.89. The Labute approximate surface area is 256 Å². The summed E-state index contributed by atoms with van der Waals surface area (Å²) >= 11 is 0. The van der Waals surface area contributed by atoms with Crippen LogP contribution in [0.2, 0.25) is 0 Å². The zero-order valence-electron chi connectivity index (χ0n) is 25.0. The van der Waals surface area contributed by atoms with Gasteiger partial charge in [-0.1, -0.05) is 97.6 Å². The summed E-state index contributed by atoms with van der Waals surface area (Å²) < 4.78 is 33.8. The smallest absolute Gasteiger partial charge is 0.243 e. The first-order valence-electron chi connectivity index (χ1n) is 15.0. The fourth-order valence-electron chi connectivity index (χ4n) is 5.57. The molecule has 1 amide bonds. The minimum absolute atomic E-state index is 0.162. The van der Waals surface area contributed by atoms with Crippen molar-refractivity contribution in [3.8, 4) is 5.75 Å². The molecule has 1 fully saturated rings. The number of ether oxygens (including phenoxy) is 1. The molecule has 224 valence electrons. The molecule has 0 N–H and O–H groups in total. The summed E-state index contributed by atoms with van der Waals surface area (Å²) in [6.07, 6.45) is 6.31. The van der Waals surface area contributed by atoms with E-state index in [2.05, 4.69) is 24.3 Å². The highest BCUT2D eigenvalue weighted by Gasteiger charge is 2.26. The molecule has 7 heteroatoms. The predicted octanol–water partition coefficient (Wildman–Crippen LogP) is 7.48. The second-order valence-corrected chi connectivity index (χ2v) is 13.4. The summed E-state index contributed by atoms with van der Waals surface area (Å²) in [5, 5.41) is 0. The number of aryl methyl sites for hydroxylation is 1. The molecule has 0 aliphatic heterocycles. The van der Waals surface area contributed by atoms with E-state index in [0.717, 1.165) is 21.0 Å². The number of carbonyl (C=O) groups excluding carboxylic acids is 1. The fourth-order valence-corrected chi connectivity index (χ4v) is 6.69. The lowest BCUT2D eigenvalue weighted by molar-refractivity contribution is -0.118. The number of carbonyl (C=O) groups is 1. The van der Waals surface area contributed by atoms with E-state index in [1.54, 1.807) is 29.2 Å². The van der Waals surface area contributed by atoms with Gasteiger partial charge in [-0.2, -0.15) is 4.31 Å². The Morgan fingerprint density at radius 3 is 2.21 bits per heavy atom. The number of rotatable bonds is 11. The van der Waals surface area contributed by atoms with E-state index in [1.165, 1.54) is 44.7 Å². The Hall–Kier alpha value is -3.94. The number of benzene rings is 4. The van der Waals surface area contributed by atoms with Crippen molar-refractivity contribution in [3.63, 3.8) is 0 Å². The van der Waals surface area contributed by atoms with Crippen molar-refractivity contribution in [2.75, 3.05) is 18.5 Å². The molecule has 1 aliphatic rings. The first-order valence-corrected chi connectivity index (χ1v) is 16.4. The van der Waals surface area contributed by atoms with Gasteiger partial charge in [0, 0.05) is 18.8 Å². The van der Waals surface area contributed by atoms with Crippen LogP contribution in [0, 0.1) is 6.92 Å². The summed E-state index contributed by atoms with van der Waals surface area (Å²) in [6, 6.07) is 32.5. The molecular formula is C36H40N2O4S. The number of hydrogen-bond acceptors (Lipinski definition) is 4. The topological polar surface area (TPSA) is 66.9 Å². The largest absolute Gasteiger partial charge is 0.489 e. The van der Waals surface area contributed by atoms with Gasteiger partial charge in [0.25, 0.3) is 0 Å². The summed E-state index contributed by atoms with van der Waals surface area (Å²) in [7, 11) is -2.40. The lowest BCUT2D eigenvalue weighted by Gasteiger charge is -2.27. The maximum atomic E-state index is 13.9. The quantitative estimate of drug-likeness (QED) is 0.180. The number of hydrogen-bond donors (Lipinski definition) is 0. The molecule has 5 rings (SSSR count). The van der Waals surface area contributed by atoms with Crippen LogP contribution in [0.5, 0.6) is 5.75 Å². The second kappa shape index (κ2) is 14.0. The van der Waals surface area contributed by atoms with Gasteiger partial charge >= 0.3 is 0 Å². The first kappa shape index (κ1) is 30.5. The molecule has 0 aromatic heterocycles. The maximum absolute atomic E-state index is 13.9. The van der Waals surface area contributed by atoms with Crippen molar-refractivity contribution in [2.45, 2.75) is 63.0 Å². The minimum atomic E-state index is -3.84. The molecule has 6 nitrogen and oxygen atoms in total. The average Bonchev–Trinajstić information content (AvgIpc) is 3.04. The number of likely N-dealkylation sites (N-methyl/N-ethyl adjacent to an activating group) is 1. The van der Waals surface area contributed by atoms with Crippen LogP contribution >= 0.6 is 0 Å². The Balaban J connectivity index is 1.37. The SMILES string of the molecule is Cc1ccc(S(=O)(=O)N(C)CC(=O)N(Cc2ccc(C3CCCCC3)cc2)c2cccc(OCc3ccccc3)c2)cc1. The fraction of sp³-hybridized carbons (Fsp3) is 0.306. The van der Waals surface area contributed by atoms with Crippen LogP contribution in [0.25, 0.3) is 0 Å². The van der Waals surface area contributed by atoms with Gasteiger partial charge in [-0.05, 0) is 66.6 Å². The van der Waals surface area contributed by atoms with Crippen molar-refractivity contribution in [1.82, 2.24) is 4.31 Å². The summed E-state index contributed by atoms with van der Waals surface area (Å²) in [6.45, 7) is 2.31. The van der Waals surface area contributed by atoms with E-state index in [1.807, 2.05) is 61.5 Å². The zero-order valence-corrected chi connectivity index (χ0v) is 25.8. The monoisotopic (exact) mass is 596 g/mol. The molecule has 0 spiro atoms. The van der Waals surface area contributed by atoms with Gasteiger partial charge in [-0.25, -0.2) is 8.42 Å². The molecule has 0 radical (unpaired) electrons. The molecular weight excluding hydrogens is 556 g/mol. The summed E-state index contributed by atoms with van der Waals surface area (Å²) in [4.78, 5) is 15.7. The highest BCUT2D eigenvalue weighted by atomic mass is 32.2. The Kier molecular flexibility index (Phi) is 9.95. The predicted molar refractivity (Wildman–Crippen MR) is 172 cm³/mol. The standard InChI is InChI=1S/C36H40N2O4S/c1-28-16-22-35(23-17-28)43(40,41)37(2)26-36(39)38(25-29-18-20-32(21-19-29)31-12-7-4-8-13-31)33-14-9-15-34(24-33)42-27-30-10-5-3-6-11-30/h3,5-6,9-11,14-24,31H,4,7-8,12-13,25-27H2,1-2H3. The number of nitrogens with zero attached hydrogens (tertiary/aromatic N) is 2. The molecule has 0 unspecified atom stereocenters. The van der Waals surface area contributed by atoms with Crippen molar-refractivity contribution < 1.29 is 17.9 Å². The van der Waals surface area contributed by atoms with Gasteiger partial charge < -0.3 is 9.64 Å². The molecule has 0 atom stereocenters. The van der Waals surface area contributed by atoms with Crippen LogP contribution in [-0.2, 0) is 28.0 Å². The van der Waals surface area contributed by atoms with E-state index in [4.69, 9.17) is 4.74 Å². The van der Waals surface area contributed by atoms with Gasteiger partial charge in [0.05, 0.1) is 18.0 Å². The van der Waals surface area contributed by atoms with E-state index in [-0.39, 0.29) is 17.3 Å². The molecule has 4 aromatic carbocycles. The Morgan fingerprint density at radius 1 is 0.814 bits per heavy atom. The van der Waals surface area contributed by atoms with Crippen LogP contribution in [0.4, 0.5) is 5.69 Å². The van der Waals surface area contributed by atoms with E-state index < -0.39 is 10.0 Å². The third kappa shape index (κ3) is 7.92. The third-order valence-electron chi connectivity index (χ3n) is 8.16. The van der Waals surface area contributed by atoms with Gasteiger partial charge in [0.15, 0.2) is 0 Å². The van der Waals surface area contributed by atoms with E-state index in [9.17, 15) is 13.2 Å². The minimum Gasteiger partial charge on any atom is -0.489 e. The molecule has 0 heterocycles. The van der Waals surface area contributed by atoms with Crippen LogP contribution < -0.4 is 9.64 Å². The lowest BCUT2D eigenvalue weighted by atomic mass is 9.84. The number of amides is 1. The maximum Gasteiger partial charge on any atom is 0.243 e. The van der Waals surface area contributed by atoms with Gasteiger partial charge in [-0.3, -0.25) is 4.79 Å². The number of sulfonamides is 1. The molecule has 0 bridgehead atoms. The van der Waals surface area contributed by atoms with Crippen molar-refractivity contribution in [3.05, 3.63) is 125 Å². The first-order chi connectivity index (χ1) is 20.8. The van der Waals surface area contributed by atoms with E-state index in [0.29, 0.717) is 30.5 Å². The molecule has 43 heavy (non-hydrogen) atoms. The van der Waals surface area contributed by atoms with Crippen molar-refractivity contribution in [2.24, 2.45) is 0 Å². The highest BCUT2D eigenvalue weighted by Crippen LogP contribution is 2.33. The Morgan fingerprint density at radius 2 is 1.51 bits per heavy atom. The third-order valence-corrected chi connectivity index (χ3v) is 9.98. The van der Waals surface area contributed by atoms with Crippen LogP contribution in [-0.4, -0.2) is 32.2 Å². The normalized spacial score (nSPS) is 14.0. The van der Waals surface area contributed by atoms with Crippen LogP contribution in [0.1, 0.15) is 60.3 Å². The van der Waals surface area contributed by atoms with E-state index >= 15 is 0 Å². The zero-order chi connectivity index (χ0) is 30.2. The number of anilines is 1. The van der Waals surface area contributed by atoms with Gasteiger partial charge in [-0.15, -0.1) is 0 Å². The Bertz CT molecular complexity index is 1600. The molecule has 4 aromatic rings. The summed E-state index contributed by atoms with van der Waals surface area (Å²) in [5.74, 6) is 0.904. The van der Waals surface area contributed by atoms with Crippen LogP contribution in [0.15, 0.2) is 108 Å². The lowest BCUT2D eigenvalue weighted by Crippen LogP contribution is -2.41. The molecule has 1 aliphatic carbocycles. The van der Waals surface area contributed by atoms with Crippen LogP contribution in [0.3, 0.4) is 0 Å².